The first kappa shape index (κ1) is 29.3. The van der Waals surface area contributed by atoms with E-state index in [9.17, 15) is 18.0 Å². The highest BCUT2D eigenvalue weighted by molar-refractivity contribution is 7.92. The third-order valence-electron chi connectivity index (χ3n) is 6.87. The van der Waals surface area contributed by atoms with Crippen molar-refractivity contribution in [3.8, 4) is 11.5 Å². The number of hydrogen-bond donors (Lipinski definition) is 1. The quantitative estimate of drug-likeness (QED) is 0.436. The van der Waals surface area contributed by atoms with Crippen LogP contribution in [0, 0.1) is 0 Å². The first-order chi connectivity index (χ1) is 18.2. The second kappa shape index (κ2) is 13.5. The second-order valence-electron chi connectivity index (χ2n) is 9.58. The van der Waals surface area contributed by atoms with E-state index in [1.807, 2.05) is 37.3 Å². The van der Waals surface area contributed by atoms with Gasteiger partial charge in [-0.3, -0.25) is 13.9 Å². The molecule has 0 saturated heterocycles. The average molecular weight is 546 g/mol. The van der Waals surface area contributed by atoms with Gasteiger partial charge in [-0.25, -0.2) is 8.42 Å². The maximum Gasteiger partial charge on any atom is 0.244 e. The first-order valence-electron chi connectivity index (χ1n) is 13.0. The fraction of sp³-hybridized carbons (Fsp3) is 0.500. The van der Waals surface area contributed by atoms with Gasteiger partial charge in [0, 0.05) is 18.7 Å². The van der Waals surface area contributed by atoms with Crippen LogP contribution < -0.4 is 19.1 Å². The molecule has 208 valence electrons. The molecule has 1 atom stereocenters. The van der Waals surface area contributed by atoms with Gasteiger partial charge in [0.15, 0.2) is 0 Å². The van der Waals surface area contributed by atoms with Crippen LogP contribution in [0.2, 0.25) is 0 Å². The van der Waals surface area contributed by atoms with Gasteiger partial charge in [0.05, 0.1) is 26.2 Å². The number of carbonyl (C=O) groups excluding carboxylic acids is 2. The van der Waals surface area contributed by atoms with Gasteiger partial charge in [-0.05, 0) is 37.0 Å². The Kier molecular flexibility index (Phi) is 10.4. The second-order valence-corrected chi connectivity index (χ2v) is 11.5. The van der Waals surface area contributed by atoms with E-state index in [4.69, 9.17) is 9.47 Å². The summed E-state index contributed by atoms with van der Waals surface area (Å²) < 4.78 is 37.5. The lowest BCUT2D eigenvalue weighted by Crippen LogP contribution is -2.54. The van der Waals surface area contributed by atoms with E-state index >= 15 is 0 Å². The lowest BCUT2D eigenvalue weighted by atomic mass is 9.95. The minimum atomic E-state index is -3.88. The molecule has 0 spiro atoms. The van der Waals surface area contributed by atoms with Crippen molar-refractivity contribution >= 4 is 27.5 Å². The number of anilines is 1. The van der Waals surface area contributed by atoms with Crippen LogP contribution in [0.1, 0.15) is 51.0 Å². The molecular weight excluding hydrogens is 506 g/mol. The number of carbonyl (C=O) groups is 2. The Bertz CT molecular complexity index is 1180. The molecule has 9 nitrogen and oxygen atoms in total. The number of hydrogen-bond acceptors (Lipinski definition) is 6. The van der Waals surface area contributed by atoms with Crippen molar-refractivity contribution in [2.24, 2.45) is 0 Å². The highest BCUT2D eigenvalue weighted by atomic mass is 32.2. The summed E-state index contributed by atoms with van der Waals surface area (Å²) in [4.78, 5) is 28.8. The van der Waals surface area contributed by atoms with Gasteiger partial charge in [0.1, 0.15) is 24.1 Å². The Morgan fingerprint density at radius 2 is 1.71 bits per heavy atom. The van der Waals surface area contributed by atoms with E-state index in [1.54, 1.807) is 18.2 Å². The molecule has 1 fully saturated rings. The number of sulfonamides is 1. The predicted molar refractivity (Wildman–Crippen MR) is 148 cm³/mol. The Labute approximate surface area is 226 Å². The molecule has 2 aromatic carbocycles. The van der Waals surface area contributed by atoms with Crippen LogP contribution in [0.25, 0.3) is 0 Å². The summed E-state index contributed by atoms with van der Waals surface area (Å²) in [6, 6.07) is 13.4. The van der Waals surface area contributed by atoms with E-state index in [0.717, 1.165) is 41.8 Å². The van der Waals surface area contributed by atoms with E-state index < -0.39 is 28.5 Å². The number of rotatable bonds is 12. The monoisotopic (exact) mass is 545 g/mol. The molecule has 1 N–H and O–H groups in total. The normalized spacial score (nSPS) is 14.8. The Balaban J connectivity index is 1.94. The van der Waals surface area contributed by atoms with E-state index in [-0.39, 0.29) is 29.9 Å². The molecule has 0 aromatic heterocycles. The van der Waals surface area contributed by atoms with Gasteiger partial charge >= 0.3 is 0 Å². The molecule has 2 amide bonds. The fourth-order valence-electron chi connectivity index (χ4n) is 4.83. The molecule has 1 aliphatic carbocycles. The number of ether oxygens (including phenoxy) is 2. The lowest BCUT2D eigenvalue weighted by Gasteiger charge is -2.34. The zero-order chi connectivity index (χ0) is 27.7. The summed E-state index contributed by atoms with van der Waals surface area (Å²) in [6.45, 7) is 1.55. The molecule has 10 heteroatoms. The van der Waals surface area contributed by atoms with Crippen molar-refractivity contribution in [1.82, 2.24) is 10.2 Å². The number of nitrogens with one attached hydrogen (secondary N) is 1. The Morgan fingerprint density at radius 3 is 2.29 bits per heavy atom. The summed E-state index contributed by atoms with van der Waals surface area (Å²) in [5, 5.41) is 3.14. The molecule has 1 saturated carbocycles. The minimum Gasteiger partial charge on any atom is -0.497 e. The van der Waals surface area contributed by atoms with Crippen molar-refractivity contribution in [2.75, 3.05) is 31.3 Å². The van der Waals surface area contributed by atoms with Gasteiger partial charge in [-0.1, -0.05) is 56.5 Å². The largest absolute Gasteiger partial charge is 0.497 e. The molecule has 0 unspecified atom stereocenters. The van der Waals surface area contributed by atoms with Gasteiger partial charge in [0.25, 0.3) is 0 Å². The molecule has 38 heavy (non-hydrogen) atoms. The van der Waals surface area contributed by atoms with Crippen LogP contribution in [0.5, 0.6) is 11.5 Å². The smallest absolute Gasteiger partial charge is 0.244 e. The zero-order valence-electron chi connectivity index (χ0n) is 22.7. The van der Waals surface area contributed by atoms with Gasteiger partial charge in [-0.2, -0.15) is 0 Å². The summed E-state index contributed by atoms with van der Waals surface area (Å²) >= 11 is 0. The van der Waals surface area contributed by atoms with Crippen molar-refractivity contribution < 1.29 is 27.5 Å². The highest BCUT2D eigenvalue weighted by Crippen LogP contribution is 2.33. The molecule has 1 aliphatic rings. The summed E-state index contributed by atoms with van der Waals surface area (Å²) in [6.07, 6.45) is 6.59. The first-order valence-corrected chi connectivity index (χ1v) is 14.9. The SMILES string of the molecule is CC[C@@H](C(=O)NC1CCCCC1)N(Cc1ccccc1)C(=O)CN(c1ccc(OC)cc1OC)S(C)(=O)=O. The van der Waals surface area contributed by atoms with Crippen LogP contribution in [0.15, 0.2) is 48.5 Å². The van der Waals surface area contributed by atoms with Gasteiger partial charge < -0.3 is 19.7 Å². The van der Waals surface area contributed by atoms with Crippen LogP contribution in [-0.4, -0.2) is 64.2 Å². The number of nitrogens with zero attached hydrogens (tertiary/aromatic N) is 2. The third-order valence-corrected chi connectivity index (χ3v) is 7.99. The van der Waals surface area contributed by atoms with Crippen molar-refractivity contribution in [1.29, 1.82) is 0 Å². The number of methoxy groups -OCH3 is 2. The summed E-state index contributed by atoms with van der Waals surface area (Å²) in [5.41, 5.74) is 1.06. The van der Waals surface area contributed by atoms with Crippen LogP contribution in [0.3, 0.4) is 0 Å². The number of benzene rings is 2. The van der Waals surface area contributed by atoms with Crippen LogP contribution in [-0.2, 0) is 26.2 Å². The summed E-state index contributed by atoms with van der Waals surface area (Å²) in [5.74, 6) is 0.0418. The van der Waals surface area contributed by atoms with Crippen LogP contribution in [0.4, 0.5) is 5.69 Å². The third kappa shape index (κ3) is 7.63. The highest BCUT2D eigenvalue weighted by Gasteiger charge is 2.33. The Hall–Kier alpha value is -3.27. The lowest BCUT2D eigenvalue weighted by molar-refractivity contribution is -0.140. The molecule has 0 bridgehead atoms. The fourth-order valence-corrected chi connectivity index (χ4v) is 5.68. The van der Waals surface area contributed by atoms with Gasteiger partial charge in [-0.15, -0.1) is 0 Å². The summed E-state index contributed by atoms with van der Waals surface area (Å²) in [7, 11) is -0.964. The molecule has 0 aliphatic heterocycles. The minimum absolute atomic E-state index is 0.0926. The van der Waals surface area contributed by atoms with Crippen LogP contribution >= 0.6 is 0 Å². The number of amides is 2. The molecule has 0 heterocycles. The maximum absolute atomic E-state index is 13.9. The Morgan fingerprint density at radius 1 is 1.03 bits per heavy atom. The van der Waals surface area contributed by atoms with Gasteiger partial charge in [0.2, 0.25) is 21.8 Å². The van der Waals surface area contributed by atoms with Crippen molar-refractivity contribution in [2.45, 2.75) is 64.1 Å². The van der Waals surface area contributed by atoms with Crippen molar-refractivity contribution in [3.05, 3.63) is 54.1 Å². The standard InChI is InChI=1S/C28H39N3O6S/c1-5-24(28(33)29-22-14-10-7-11-15-22)30(19-21-12-8-6-9-13-21)27(32)20-31(38(4,34)35)25-17-16-23(36-2)18-26(25)37-3/h6,8-9,12-13,16-18,22,24H,5,7,10-11,14-15,19-20H2,1-4H3,(H,29,33)/t24-/m0/s1. The topological polar surface area (TPSA) is 105 Å². The maximum atomic E-state index is 13.9. The predicted octanol–water partition coefficient (Wildman–Crippen LogP) is 3.73. The molecular formula is C28H39N3O6S. The average Bonchev–Trinajstić information content (AvgIpc) is 2.91. The molecule has 0 radical (unpaired) electrons. The van der Waals surface area contributed by atoms with E-state index in [0.29, 0.717) is 12.2 Å². The zero-order valence-corrected chi connectivity index (χ0v) is 23.5. The molecule has 3 rings (SSSR count). The molecule has 2 aromatic rings. The van der Waals surface area contributed by atoms with E-state index in [2.05, 4.69) is 5.32 Å². The van der Waals surface area contributed by atoms with Crippen molar-refractivity contribution in [3.63, 3.8) is 0 Å². The van der Waals surface area contributed by atoms with E-state index in [1.165, 1.54) is 25.5 Å².